The minimum absolute atomic E-state index is 0.00359. The van der Waals surface area contributed by atoms with Gasteiger partial charge in [-0.2, -0.15) is 0 Å². The Labute approximate surface area is 176 Å². The van der Waals surface area contributed by atoms with Crippen molar-refractivity contribution < 1.29 is 9.21 Å². The molecule has 0 fully saturated rings. The molecular weight excluding hydrogens is 382 g/mol. The first-order valence-corrected chi connectivity index (χ1v) is 10.6. The Morgan fingerprint density at radius 1 is 1.07 bits per heavy atom. The average molecular weight is 410 g/mol. The number of carbonyl (C=O) groups excluding carboxylic acids is 1. The van der Waals surface area contributed by atoms with Crippen LogP contribution in [0.15, 0.2) is 64.2 Å². The summed E-state index contributed by atoms with van der Waals surface area (Å²) < 4.78 is 5.74. The quantitative estimate of drug-likeness (QED) is 0.514. The number of benzene rings is 2. The molecule has 2 aromatic carbocycles. The molecule has 3 aromatic rings. The summed E-state index contributed by atoms with van der Waals surface area (Å²) in [5.41, 5.74) is 3.32. The van der Waals surface area contributed by atoms with Gasteiger partial charge in [-0.15, -0.1) is 10.2 Å². The molecule has 1 heterocycles. The number of thioether (sulfide) groups is 1. The molecule has 0 radical (unpaired) electrons. The fraction of sp³-hybridized carbons (Fsp3) is 0.348. The first kappa shape index (κ1) is 21.1. The molecular formula is C23H27N3O2S. The van der Waals surface area contributed by atoms with Crippen LogP contribution in [0.3, 0.4) is 0 Å². The van der Waals surface area contributed by atoms with Gasteiger partial charge in [0.1, 0.15) is 0 Å². The lowest BCUT2D eigenvalue weighted by Gasteiger charge is -2.25. The van der Waals surface area contributed by atoms with Crippen LogP contribution in [0, 0.1) is 0 Å². The number of rotatable bonds is 6. The van der Waals surface area contributed by atoms with Gasteiger partial charge >= 0.3 is 0 Å². The van der Waals surface area contributed by atoms with E-state index in [2.05, 4.69) is 43.1 Å². The van der Waals surface area contributed by atoms with E-state index in [9.17, 15) is 4.79 Å². The van der Waals surface area contributed by atoms with E-state index in [0.29, 0.717) is 11.1 Å². The summed E-state index contributed by atoms with van der Waals surface area (Å²) in [5.74, 6) is 0.727. The molecule has 0 bridgehead atoms. The molecule has 1 amide bonds. The SMILES string of the molecule is C[C@H](c1ccccc1)N(C)C(=O)CSc1nnc(-c2ccc(C(C)(C)C)cc2)o1. The maximum absolute atomic E-state index is 12.6. The van der Waals surface area contributed by atoms with Crippen LogP contribution in [0.4, 0.5) is 0 Å². The van der Waals surface area contributed by atoms with Gasteiger partial charge in [-0.1, -0.05) is 75.0 Å². The molecule has 6 heteroatoms. The molecule has 0 saturated heterocycles. The molecule has 29 heavy (non-hydrogen) atoms. The zero-order valence-corrected chi connectivity index (χ0v) is 18.4. The topological polar surface area (TPSA) is 59.2 Å². The van der Waals surface area contributed by atoms with Crippen LogP contribution in [0.2, 0.25) is 0 Å². The molecule has 5 nitrogen and oxygen atoms in total. The van der Waals surface area contributed by atoms with Gasteiger partial charge in [0.25, 0.3) is 5.22 Å². The summed E-state index contributed by atoms with van der Waals surface area (Å²) in [6, 6.07) is 18.1. The molecule has 0 saturated carbocycles. The highest BCUT2D eigenvalue weighted by molar-refractivity contribution is 7.99. The largest absolute Gasteiger partial charge is 0.411 e. The highest BCUT2D eigenvalue weighted by Gasteiger charge is 2.19. The predicted octanol–water partition coefficient (Wildman–Crippen LogP) is 5.35. The Morgan fingerprint density at radius 3 is 2.34 bits per heavy atom. The van der Waals surface area contributed by atoms with Crippen LogP contribution >= 0.6 is 11.8 Å². The molecule has 0 aliphatic rings. The molecule has 0 N–H and O–H groups in total. The van der Waals surface area contributed by atoms with E-state index < -0.39 is 0 Å². The van der Waals surface area contributed by atoms with E-state index in [1.54, 1.807) is 4.90 Å². The van der Waals surface area contributed by atoms with Gasteiger partial charge in [-0.25, -0.2) is 0 Å². The maximum atomic E-state index is 12.6. The van der Waals surface area contributed by atoms with E-state index in [4.69, 9.17) is 4.42 Å². The number of amides is 1. The highest BCUT2D eigenvalue weighted by atomic mass is 32.2. The summed E-state index contributed by atoms with van der Waals surface area (Å²) in [6.45, 7) is 8.55. The van der Waals surface area contributed by atoms with E-state index in [1.165, 1.54) is 17.3 Å². The molecule has 1 atom stereocenters. The minimum Gasteiger partial charge on any atom is -0.411 e. The molecule has 152 valence electrons. The van der Waals surface area contributed by atoms with Crippen LogP contribution in [-0.4, -0.2) is 33.8 Å². The van der Waals surface area contributed by atoms with Crippen molar-refractivity contribution in [3.05, 3.63) is 65.7 Å². The fourth-order valence-electron chi connectivity index (χ4n) is 2.89. The summed E-state index contributed by atoms with van der Waals surface area (Å²) in [7, 11) is 1.82. The third kappa shape index (κ3) is 5.26. The second-order valence-corrected chi connectivity index (χ2v) is 9.01. The van der Waals surface area contributed by atoms with Gasteiger partial charge in [-0.3, -0.25) is 4.79 Å². The smallest absolute Gasteiger partial charge is 0.277 e. The Kier molecular flexibility index (Phi) is 6.42. The zero-order valence-electron chi connectivity index (χ0n) is 17.5. The first-order valence-electron chi connectivity index (χ1n) is 9.63. The highest BCUT2D eigenvalue weighted by Crippen LogP contribution is 2.28. The van der Waals surface area contributed by atoms with E-state index in [0.717, 1.165) is 11.1 Å². The van der Waals surface area contributed by atoms with Crippen molar-refractivity contribution in [2.45, 2.75) is 44.4 Å². The monoisotopic (exact) mass is 409 g/mol. The third-order valence-corrected chi connectivity index (χ3v) is 5.78. The van der Waals surface area contributed by atoms with E-state index in [-0.39, 0.29) is 23.1 Å². The van der Waals surface area contributed by atoms with Crippen molar-refractivity contribution in [2.75, 3.05) is 12.8 Å². The van der Waals surface area contributed by atoms with Crippen LogP contribution in [0.5, 0.6) is 0 Å². The number of hydrogen-bond acceptors (Lipinski definition) is 5. The van der Waals surface area contributed by atoms with Gasteiger partial charge in [-0.05, 0) is 35.6 Å². The van der Waals surface area contributed by atoms with E-state index >= 15 is 0 Å². The minimum atomic E-state index is 0.00359. The Bertz CT molecular complexity index is 946. The number of aromatic nitrogens is 2. The van der Waals surface area contributed by atoms with Crippen molar-refractivity contribution in [1.29, 1.82) is 0 Å². The molecule has 0 aliphatic carbocycles. The summed E-state index contributed by atoms with van der Waals surface area (Å²) >= 11 is 1.26. The molecule has 1 aromatic heterocycles. The number of hydrogen-bond donors (Lipinski definition) is 0. The van der Waals surface area contributed by atoms with Gasteiger partial charge < -0.3 is 9.32 Å². The molecule has 0 aliphatic heterocycles. The van der Waals surface area contributed by atoms with Crippen molar-refractivity contribution in [3.8, 4) is 11.5 Å². The summed E-state index contributed by atoms with van der Waals surface area (Å²) in [5, 5.41) is 8.59. The lowest BCUT2D eigenvalue weighted by molar-refractivity contribution is -0.128. The molecule has 0 spiro atoms. The average Bonchev–Trinajstić information content (AvgIpc) is 3.20. The Balaban J connectivity index is 1.59. The van der Waals surface area contributed by atoms with Gasteiger partial charge in [0.15, 0.2) is 0 Å². The lowest BCUT2D eigenvalue weighted by atomic mass is 9.87. The second-order valence-electron chi connectivity index (χ2n) is 8.08. The Morgan fingerprint density at radius 2 is 1.72 bits per heavy atom. The van der Waals surface area contributed by atoms with Gasteiger partial charge in [0.05, 0.1) is 11.8 Å². The van der Waals surface area contributed by atoms with Crippen molar-refractivity contribution in [2.24, 2.45) is 0 Å². The molecule has 0 unspecified atom stereocenters. The lowest BCUT2D eigenvalue weighted by Crippen LogP contribution is -2.31. The summed E-state index contributed by atoms with van der Waals surface area (Å²) in [4.78, 5) is 14.3. The second kappa shape index (κ2) is 8.82. The van der Waals surface area contributed by atoms with Crippen molar-refractivity contribution in [1.82, 2.24) is 15.1 Å². The number of carbonyl (C=O) groups is 1. The Hall–Kier alpha value is -2.60. The van der Waals surface area contributed by atoms with Crippen molar-refractivity contribution >= 4 is 17.7 Å². The molecule has 3 rings (SSSR count). The summed E-state index contributed by atoms with van der Waals surface area (Å²) in [6.07, 6.45) is 0. The van der Waals surface area contributed by atoms with Crippen LogP contribution in [-0.2, 0) is 10.2 Å². The first-order chi connectivity index (χ1) is 13.8. The normalized spacial score (nSPS) is 12.6. The standard InChI is InChI=1S/C23H27N3O2S/c1-16(17-9-7-6-8-10-17)26(5)20(27)15-29-22-25-24-21(28-22)18-11-13-19(14-12-18)23(2,3)4/h6-14,16H,15H2,1-5H3/t16-/m1/s1. The zero-order chi connectivity index (χ0) is 21.0. The maximum Gasteiger partial charge on any atom is 0.277 e. The van der Waals surface area contributed by atoms with E-state index in [1.807, 2.05) is 56.4 Å². The van der Waals surface area contributed by atoms with Crippen LogP contribution in [0.1, 0.15) is 44.9 Å². The van der Waals surface area contributed by atoms with Crippen LogP contribution < -0.4 is 0 Å². The van der Waals surface area contributed by atoms with Gasteiger partial charge in [0.2, 0.25) is 11.8 Å². The van der Waals surface area contributed by atoms with Gasteiger partial charge in [0, 0.05) is 12.6 Å². The number of nitrogens with zero attached hydrogens (tertiary/aromatic N) is 3. The predicted molar refractivity (Wildman–Crippen MR) is 117 cm³/mol. The third-order valence-electron chi connectivity index (χ3n) is 4.98. The van der Waals surface area contributed by atoms with Crippen LogP contribution in [0.25, 0.3) is 11.5 Å². The fourth-order valence-corrected chi connectivity index (χ4v) is 3.58. The van der Waals surface area contributed by atoms with Crippen molar-refractivity contribution in [3.63, 3.8) is 0 Å².